The molecular formula is C15H19NO3. The number of aliphatic hydroxyl groups excluding tert-OH is 1. The van der Waals surface area contributed by atoms with Crippen LogP contribution in [-0.2, 0) is 13.0 Å². The number of aromatic carboxylic acids is 1. The van der Waals surface area contributed by atoms with Crippen molar-refractivity contribution in [3.8, 4) is 0 Å². The molecule has 1 aromatic carbocycles. The number of carboxylic acids is 1. The molecule has 1 heterocycles. The molecule has 1 aromatic heterocycles. The van der Waals surface area contributed by atoms with Gasteiger partial charge in [-0.3, -0.25) is 0 Å². The fourth-order valence-corrected chi connectivity index (χ4v) is 2.51. The number of nitrogens with zero attached hydrogens (tertiary/aromatic N) is 1. The van der Waals surface area contributed by atoms with Crippen molar-refractivity contribution in [3.63, 3.8) is 0 Å². The second kappa shape index (κ2) is 5.45. The molecule has 2 rings (SSSR count). The average Bonchev–Trinajstić information content (AvgIpc) is 2.67. The highest BCUT2D eigenvalue weighted by atomic mass is 16.4. The Hall–Kier alpha value is -1.81. The lowest BCUT2D eigenvalue weighted by atomic mass is 10.0. The van der Waals surface area contributed by atoms with Crippen molar-refractivity contribution in [1.29, 1.82) is 0 Å². The Labute approximate surface area is 112 Å². The second-order valence-corrected chi connectivity index (χ2v) is 4.81. The minimum Gasteiger partial charge on any atom is -0.478 e. The van der Waals surface area contributed by atoms with Crippen molar-refractivity contribution in [2.75, 3.05) is 6.61 Å². The lowest BCUT2D eigenvalue weighted by Crippen LogP contribution is -2.03. The van der Waals surface area contributed by atoms with Crippen molar-refractivity contribution in [3.05, 3.63) is 35.0 Å². The maximum Gasteiger partial charge on any atom is 0.336 e. The van der Waals surface area contributed by atoms with E-state index in [1.54, 1.807) is 6.07 Å². The summed E-state index contributed by atoms with van der Waals surface area (Å²) in [5.41, 5.74) is 3.21. The monoisotopic (exact) mass is 261 g/mol. The van der Waals surface area contributed by atoms with Gasteiger partial charge in [0.2, 0.25) is 0 Å². The van der Waals surface area contributed by atoms with Gasteiger partial charge in [-0.1, -0.05) is 13.3 Å². The summed E-state index contributed by atoms with van der Waals surface area (Å²) in [7, 11) is 0. The van der Waals surface area contributed by atoms with Gasteiger partial charge in [-0.05, 0) is 36.6 Å². The molecular weight excluding hydrogens is 242 g/mol. The zero-order valence-electron chi connectivity index (χ0n) is 11.3. The maximum absolute atomic E-state index is 11.2. The molecule has 0 aliphatic carbocycles. The smallest absolute Gasteiger partial charge is 0.336 e. The van der Waals surface area contributed by atoms with Crippen molar-refractivity contribution >= 4 is 16.9 Å². The van der Waals surface area contributed by atoms with Crippen LogP contribution in [0.5, 0.6) is 0 Å². The molecule has 2 N–H and O–H groups in total. The van der Waals surface area contributed by atoms with Crippen LogP contribution in [0.25, 0.3) is 10.9 Å². The molecule has 0 spiro atoms. The zero-order chi connectivity index (χ0) is 14.0. The highest BCUT2D eigenvalue weighted by molar-refractivity contribution is 5.96. The summed E-state index contributed by atoms with van der Waals surface area (Å²) in [5.74, 6) is -0.909. The van der Waals surface area contributed by atoms with E-state index in [-0.39, 0.29) is 6.61 Å². The number of aryl methyl sites for hydroxylation is 2. The molecule has 0 aliphatic heterocycles. The lowest BCUT2D eigenvalue weighted by molar-refractivity contribution is 0.0696. The molecule has 0 radical (unpaired) electrons. The standard InChI is InChI=1S/C15H19NO3/c1-3-4-11-9-16(5-6-17)14-8-12(15(18)19)10(2)7-13(11)14/h7-9,17H,3-6H2,1-2H3,(H,18,19). The highest BCUT2D eigenvalue weighted by Crippen LogP contribution is 2.26. The third kappa shape index (κ3) is 2.49. The molecule has 0 amide bonds. The van der Waals surface area contributed by atoms with E-state index in [4.69, 9.17) is 5.11 Å². The van der Waals surface area contributed by atoms with Crippen LogP contribution in [-0.4, -0.2) is 27.4 Å². The molecule has 102 valence electrons. The third-order valence-corrected chi connectivity index (χ3v) is 3.40. The molecule has 19 heavy (non-hydrogen) atoms. The third-order valence-electron chi connectivity index (χ3n) is 3.40. The SMILES string of the molecule is CCCc1cn(CCO)c2cc(C(=O)O)c(C)cc12. The van der Waals surface area contributed by atoms with E-state index in [9.17, 15) is 9.90 Å². The van der Waals surface area contributed by atoms with Gasteiger partial charge in [0, 0.05) is 23.6 Å². The maximum atomic E-state index is 11.2. The molecule has 4 nitrogen and oxygen atoms in total. The number of fused-ring (bicyclic) bond motifs is 1. The fourth-order valence-electron chi connectivity index (χ4n) is 2.51. The van der Waals surface area contributed by atoms with Gasteiger partial charge in [0.1, 0.15) is 0 Å². The van der Waals surface area contributed by atoms with Crippen molar-refractivity contribution < 1.29 is 15.0 Å². The van der Waals surface area contributed by atoms with Crippen LogP contribution in [0.4, 0.5) is 0 Å². The van der Waals surface area contributed by atoms with Crippen LogP contribution in [0, 0.1) is 6.92 Å². The predicted octanol–water partition coefficient (Wildman–Crippen LogP) is 2.59. The van der Waals surface area contributed by atoms with Crippen LogP contribution in [0.3, 0.4) is 0 Å². The lowest BCUT2D eigenvalue weighted by Gasteiger charge is -2.05. The van der Waals surface area contributed by atoms with E-state index < -0.39 is 5.97 Å². The van der Waals surface area contributed by atoms with Crippen LogP contribution in [0.15, 0.2) is 18.3 Å². The largest absolute Gasteiger partial charge is 0.478 e. The number of carboxylic acid groups (broad SMARTS) is 1. The molecule has 0 fully saturated rings. The Bertz CT molecular complexity index is 613. The average molecular weight is 261 g/mol. The van der Waals surface area contributed by atoms with Crippen LogP contribution in [0.1, 0.15) is 34.8 Å². The Kier molecular flexibility index (Phi) is 3.90. The minimum atomic E-state index is -0.909. The normalized spacial score (nSPS) is 11.1. The van der Waals surface area contributed by atoms with Gasteiger partial charge >= 0.3 is 5.97 Å². The highest BCUT2D eigenvalue weighted by Gasteiger charge is 2.14. The Morgan fingerprint density at radius 2 is 2.11 bits per heavy atom. The van der Waals surface area contributed by atoms with Crippen LogP contribution in [0.2, 0.25) is 0 Å². The molecule has 0 aliphatic rings. The first-order chi connectivity index (χ1) is 9.08. The number of carbonyl (C=O) groups is 1. The number of rotatable bonds is 5. The number of aliphatic hydroxyl groups is 1. The topological polar surface area (TPSA) is 62.5 Å². The summed E-state index contributed by atoms with van der Waals surface area (Å²) >= 11 is 0. The zero-order valence-corrected chi connectivity index (χ0v) is 11.3. The molecule has 0 saturated heterocycles. The minimum absolute atomic E-state index is 0.0472. The van der Waals surface area contributed by atoms with Crippen LogP contribution < -0.4 is 0 Å². The van der Waals surface area contributed by atoms with Gasteiger partial charge in [-0.2, -0.15) is 0 Å². The first-order valence-corrected chi connectivity index (χ1v) is 6.55. The van der Waals surface area contributed by atoms with Crippen molar-refractivity contribution in [1.82, 2.24) is 4.57 Å². The number of hydrogen-bond acceptors (Lipinski definition) is 2. The van der Waals surface area contributed by atoms with Crippen molar-refractivity contribution in [2.45, 2.75) is 33.2 Å². The van der Waals surface area contributed by atoms with Gasteiger partial charge in [0.15, 0.2) is 0 Å². The Balaban J connectivity index is 2.68. The van der Waals surface area contributed by atoms with Gasteiger partial charge in [-0.25, -0.2) is 4.79 Å². The fraction of sp³-hybridized carbons (Fsp3) is 0.400. The van der Waals surface area contributed by atoms with Crippen LogP contribution >= 0.6 is 0 Å². The Morgan fingerprint density at radius 3 is 2.68 bits per heavy atom. The van der Waals surface area contributed by atoms with E-state index in [1.807, 2.05) is 23.8 Å². The van der Waals surface area contributed by atoms with E-state index in [2.05, 4.69) is 6.92 Å². The predicted molar refractivity (Wildman–Crippen MR) is 74.7 cm³/mol. The van der Waals surface area contributed by atoms with E-state index >= 15 is 0 Å². The summed E-state index contributed by atoms with van der Waals surface area (Å²) in [5, 5.41) is 19.4. The first kappa shape index (κ1) is 13.6. The van der Waals surface area contributed by atoms with Gasteiger partial charge < -0.3 is 14.8 Å². The van der Waals surface area contributed by atoms with E-state index in [0.717, 1.165) is 29.3 Å². The van der Waals surface area contributed by atoms with E-state index in [1.165, 1.54) is 5.56 Å². The van der Waals surface area contributed by atoms with E-state index in [0.29, 0.717) is 12.1 Å². The Morgan fingerprint density at radius 1 is 1.37 bits per heavy atom. The number of benzene rings is 1. The first-order valence-electron chi connectivity index (χ1n) is 6.55. The summed E-state index contributed by atoms with van der Waals surface area (Å²) < 4.78 is 1.94. The summed E-state index contributed by atoms with van der Waals surface area (Å²) in [6, 6.07) is 3.65. The number of hydrogen-bond donors (Lipinski definition) is 2. The summed E-state index contributed by atoms with van der Waals surface area (Å²) in [4.78, 5) is 11.2. The van der Waals surface area contributed by atoms with Crippen molar-refractivity contribution in [2.24, 2.45) is 0 Å². The quantitative estimate of drug-likeness (QED) is 0.869. The van der Waals surface area contributed by atoms with Gasteiger partial charge in [0.25, 0.3) is 0 Å². The molecule has 0 unspecified atom stereocenters. The molecule has 2 aromatic rings. The summed E-state index contributed by atoms with van der Waals surface area (Å²) in [6.45, 7) is 4.48. The summed E-state index contributed by atoms with van der Waals surface area (Å²) in [6.07, 6.45) is 4.02. The van der Waals surface area contributed by atoms with Gasteiger partial charge in [0.05, 0.1) is 12.2 Å². The molecule has 0 saturated carbocycles. The van der Waals surface area contributed by atoms with Gasteiger partial charge in [-0.15, -0.1) is 0 Å². The molecule has 0 bridgehead atoms. The number of aromatic nitrogens is 1. The second-order valence-electron chi connectivity index (χ2n) is 4.81. The molecule has 4 heteroatoms. The molecule has 0 atom stereocenters.